The van der Waals surface area contributed by atoms with Crippen molar-refractivity contribution >= 4 is 27.8 Å². The molecule has 108 valence electrons. The van der Waals surface area contributed by atoms with Crippen molar-refractivity contribution in [2.75, 3.05) is 0 Å². The van der Waals surface area contributed by atoms with Crippen LogP contribution >= 0.6 is 11.8 Å². The van der Waals surface area contributed by atoms with Crippen molar-refractivity contribution in [2.24, 2.45) is 4.99 Å². The third-order valence-electron chi connectivity index (χ3n) is 4.40. The molecular weight excluding hydrogens is 278 g/mol. The first-order chi connectivity index (χ1) is 10.4. The van der Waals surface area contributed by atoms with Crippen LogP contribution < -0.4 is 5.32 Å². The minimum Gasteiger partial charge on any atom is -0.360 e. The first-order valence-corrected chi connectivity index (χ1v) is 8.68. The molecule has 2 aromatic rings. The molecule has 2 aliphatic rings. The number of hydrogen-bond donors (Lipinski definition) is 1. The van der Waals surface area contributed by atoms with Gasteiger partial charge < -0.3 is 5.32 Å². The number of fused-ring (bicyclic) bond motifs is 2. The number of thioether (sulfide) groups is 1. The number of rotatable bonds is 2. The lowest BCUT2D eigenvalue weighted by molar-refractivity contribution is 0.385. The summed E-state index contributed by atoms with van der Waals surface area (Å²) in [5.74, 6) is 0.930. The third kappa shape index (κ3) is 2.64. The number of para-hydroxylation sites is 1. The summed E-state index contributed by atoms with van der Waals surface area (Å²) < 4.78 is 0. The Kier molecular flexibility index (Phi) is 3.55. The monoisotopic (exact) mass is 297 g/mol. The Bertz CT molecular complexity index is 677. The first-order valence-electron chi connectivity index (χ1n) is 7.70. The van der Waals surface area contributed by atoms with Crippen LogP contribution in [0.1, 0.15) is 31.2 Å². The number of nitrogens with zero attached hydrogens (tertiary/aromatic N) is 2. The number of hydrogen-bond acceptors (Lipinski definition) is 4. The number of aromatic nitrogens is 1. The van der Waals surface area contributed by atoms with E-state index in [0.29, 0.717) is 12.1 Å². The summed E-state index contributed by atoms with van der Waals surface area (Å²) in [6.45, 7) is 0. The van der Waals surface area contributed by atoms with Gasteiger partial charge in [0.1, 0.15) is 0 Å². The number of benzene rings is 1. The molecule has 4 rings (SSSR count). The van der Waals surface area contributed by atoms with E-state index >= 15 is 0 Å². The Hall–Kier alpha value is -1.55. The van der Waals surface area contributed by atoms with Crippen LogP contribution in [0, 0.1) is 0 Å². The van der Waals surface area contributed by atoms with Gasteiger partial charge in [-0.2, -0.15) is 0 Å². The highest BCUT2D eigenvalue weighted by Crippen LogP contribution is 2.29. The Labute approximate surface area is 129 Å². The molecule has 1 N–H and O–H groups in total. The second-order valence-electron chi connectivity index (χ2n) is 5.82. The zero-order valence-corrected chi connectivity index (χ0v) is 12.8. The predicted octanol–water partition coefficient (Wildman–Crippen LogP) is 3.74. The van der Waals surface area contributed by atoms with Gasteiger partial charge in [-0.05, 0) is 24.5 Å². The van der Waals surface area contributed by atoms with Gasteiger partial charge in [0.25, 0.3) is 0 Å². The van der Waals surface area contributed by atoms with Gasteiger partial charge in [-0.25, -0.2) is 0 Å². The van der Waals surface area contributed by atoms with Crippen LogP contribution in [-0.4, -0.2) is 22.2 Å². The maximum atomic E-state index is 4.85. The summed E-state index contributed by atoms with van der Waals surface area (Å²) >= 11 is 1.82. The van der Waals surface area contributed by atoms with E-state index in [4.69, 9.17) is 4.99 Å². The molecule has 1 aliphatic heterocycles. The molecule has 0 bridgehead atoms. The van der Waals surface area contributed by atoms with E-state index in [-0.39, 0.29) is 0 Å². The van der Waals surface area contributed by atoms with Gasteiger partial charge in [0.2, 0.25) is 0 Å². The maximum absolute atomic E-state index is 4.85. The van der Waals surface area contributed by atoms with E-state index in [1.54, 1.807) is 0 Å². The lowest BCUT2D eigenvalue weighted by Gasteiger charge is -2.23. The van der Waals surface area contributed by atoms with Crippen LogP contribution in [0.4, 0.5) is 0 Å². The fourth-order valence-electron chi connectivity index (χ4n) is 3.29. The van der Waals surface area contributed by atoms with Crippen LogP contribution in [0.15, 0.2) is 41.5 Å². The predicted molar refractivity (Wildman–Crippen MR) is 89.7 cm³/mol. The Balaban J connectivity index is 1.49. The molecule has 2 atom stereocenters. The second-order valence-corrected chi connectivity index (χ2v) is 6.78. The Morgan fingerprint density at radius 3 is 3.00 bits per heavy atom. The quantitative estimate of drug-likeness (QED) is 0.917. The van der Waals surface area contributed by atoms with Crippen molar-refractivity contribution in [3.05, 3.63) is 42.1 Å². The molecule has 2 heterocycles. The lowest BCUT2D eigenvalue weighted by atomic mass is 9.92. The highest BCUT2D eigenvalue weighted by molar-refractivity contribution is 8.13. The largest absolute Gasteiger partial charge is 0.360 e. The minimum absolute atomic E-state index is 0.520. The van der Waals surface area contributed by atoms with E-state index < -0.39 is 0 Å². The van der Waals surface area contributed by atoms with Gasteiger partial charge in [-0.15, -0.1) is 0 Å². The van der Waals surface area contributed by atoms with Gasteiger partial charge in [-0.1, -0.05) is 48.9 Å². The van der Waals surface area contributed by atoms with Gasteiger partial charge in [0.15, 0.2) is 5.17 Å². The zero-order valence-electron chi connectivity index (χ0n) is 12.0. The normalized spacial score (nSPS) is 24.5. The standard InChI is InChI=1S/C17H19N3S/c1-2-9-15-14(8-1)19-17(20-15)21-11-13-6-3-5-12-7-4-10-18-16(12)13/h3-7,10,14-15H,1-2,8-9,11H2,(H,19,20)/t14-,15+. The molecule has 3 nitrogen and oxygen atoms in total. The van der Waals surface area contributed by atoms with Crippen molar-refractivity contribution in [3.8, 4) is 0 Å². The number of aliphatic imine (C=N–C) groups is 1. The second kappa shape index (κ2) is 5.68. The Morgan fingerprint density at radius 1 is 1.14 bits per heavy atom. The van der Waals surface area contributed by atoms with Crippen molar-refractivity contribution < 1.29 is 0 Å². The smallest absolute Gasteiger partial charge is 0.157 e. The summed E-state index contributed by atoms with van der Waals surface area (Å²) in [6.07, 6.45) is 7.06. The first kappa shape index (κ1) is 13.1. The summed E-state index contributed by atoms with van der Waals surface area (Å²) in [6, 6.07) is 11.6. The molecule has 21 heavy (non-hydrogen) atoms. The number of nitrogens with one attached hydrogen (secondary N) is 1. The average molecular weight is 297 g/mol. The highest BCUT2D eigenvalue weighted by atomic mass is 32.2. The Morgan fingerprint density at radius 2 is 2.05 bits per heavy atom. The SMILES string of the molecule is c1cnc2c(CSC3=N[C@H]4CCCC[C@H]4N3)cccc2c1. The minimum atomic E-state index is 0.520. The zero-order chi connectivity index (χ0) is 14.1. The molecule has 1 saturated carbocycles. The summed E-state index contributed by atoms with van der Waals surface area (Å²) in [7, 11) is 0. The summed E-state index contributed by atoms with van der Waals surface area (Å²) in [5.41, 5.74) is 2.40. The third-order valence-corrected chi connectivity index (χ3v) is 5.35. The number of pyridine rings is 1. The molecule has 0 amide bonds. The molecule has 1 aliphatic carbocycles. The molecule has 0 spiro atoms. The van der Waals surface area contributed by atoms with Crippen molar-refractivity contribution in [2.45, 2.75) is 43.5 Å². The average Bonchev–Trinajstić information content (AvgIpc) is 2.96. The molecule has 0 radical (unpaired) electrons. The fraction of sp³-hybridized carbons (Fsp3) is 0.412. The molecule has 1 fully saturated rings. The van der Waals surface area contributed by atoms with Crippen LogP contribution in [0.5, 0.6) is 0 Å². The van der Waals surface area contributed by atoms with Crippen LogP contribution in [-0.2, 0) is 5.75 Å². The highest BCUT2D eigenvalue weighted by Gasteiger charge is 2.30. The van der Waals surface area contributed by atoms with Crippen LogP contribution in [0.25, 0.3) is 10.9 Å². The van der Waals surface area contributed by atoms with E-state index in [0.717, 1.165) is 16.4 Å². The molecular formula is C17H19N3S. The van der Waals surface area contributed by atoms with Gasteiger partial charge in [0, 0.05) is 17.3 Å². The van der Waals surface area contributed by atoms with Crippen molar-refractivity contribution in [1.29, 1.82) is 0 Å². The molecule has 0 saturated heterocycles. The van der Waals surface area contributed by atoms with Crippen LogP contribution in [0.2, 0.25) is 0 Å². The lowest BCUT2D eigenvalue weighted by Crippen LogP contribution is -2.36. The van der Waals surface area contributed by atoms with E-state index in [1.165, 1.54) is 36.6 Å². The number of amidine groups is 1. The molecule has 1 aromatic carbocycles. The van der Waals surface area contributed by atoms with E-state index in [9.17, 15) is 0 Å². The molecule has 4 heteroatoms. The van der Waals surface area contributed by atoms with Crippen molar-refractivity contribution in [1.82, 2.24) is 10.3 Å². The molecule has 0 unspecified atom stereocenters. The fourth-order valence-corrected chi connectivity index (χ4v) is 4.26. The van der Waals surface area contributed by atoms with Crippen molar-refractivity contribution in [3.63, 3.8) is 0 Å². The van der Waals surface area contributed by atoms with E-state index in [2.05, 4.69) is 34.6 Å². The van der Waals surface area contributed by atoms with Gasteiger partial charge >= 0.3 is 0 Å². The summed E-state index contributed by atoms with van der Waals surface area (Å²) in [5, 5.41) is 5.94. The summed E-state index contributed by atoms with van der Waals surface area (Å²) in [4.78, 5) is 9.38. The topological polar surface area (TPSA) is 37.3 Å². The molecule has 1 aromatic heterocycles. The van der Waals surface area contributed by atoms with E-state index in [1.807, 2.05) is 24.0 Å². The van der Waals surface area contributed by atoms with Crippen LogP contribution in [0.3, 0.4) is 0 Å². The van der Waals surface area contributed by atoms with Gasteiger partial charge in [0.05, 0.1) is 17.6 Å². The maximum Gasteiger partial charge on any atom is 0.157 e. The van der Waals surface area contributed by atoms with Gasteiger partial charge in [-0.3, -0.25) is 9.98 Å².